The highest BCUT2D eigenvalue weighted by Gasteiger charge is 2.36. The minimum atomic E-state index is -0.122. The van der Waals surface area contributed by atoms with Gasteiger partial charge in [0.1, 0.15) is 19.1 Å². The van der Waals surface area contributed by atoms with E-state index in [-0.39, 0.29) is 18.0 Å². The monoisotopic (exact) mass is 314 g/mol. The summed E-state index contributed by atoms with van der Waals surface area (Å²) in [5, 5.41) is 0. The molecule has 4 heteroatoms. The third-order valence-corrected chi connectivity index (χ3v) is 4.56. The van der Waals surface area contributed by atoms with Gasteiger partial charge in [0.2, 0.25) is 11.8 Å². The molecule has 2 aliphatic heterocycles. The van der Waals surface area contributed by atoms with E-state index in [1.54, 1.807) is 0 Å². The smallest absolute Gasteiger partial charge is 0.201 e. The van der Waals surface area contributed by atoms with Gasteiger partial charge in [-0.15, -0.1) is 0 Å². The molecular weight excluding hydrogens is 288 g/mol. The van der Waals surface area contributed by atoms with Crippen LogP contribution in [0.25, 0.3) is 0 Å². The van der Waals surface area contributed by atoms with Crippen LogP contribution in [0.2, 0.25) is 0 Å². The molecule has 0 fully saturated rings. The van der Waals surface area contributed by atoms with E-state index >= 15 is 0 Å². The van der Waals surface area contributed by atoms with Crippen LogP contribution in [0.1, 0.15) is 39.2 Å². The zero-order chi connectivity index (χ0) is 16.4. The second-order valence-electron chi connectivity index (χ2n) is 7.02. The van der Waals surface area contributed by atoms with Gasteiger partial charge in [0.25, 0.3) is 0 Å². The maximum Gasteiger partial charge on any atom is 0.201 e. The number of rotatable bonds is 5. The molecule has 1 aromatic carbocycles. The molecule has 0 radical (unpaired) electrons. The lowest BCUT2D eigenvalue weighted by atomic mass is 9.98. The Kier molecular flexibility index (Phi) is 4.69. The highest BCUT2D eigenvalue weighted by molar-refractivity contribution is 6.06. The summed E-state index contributed by atoms with van der Waals surface area (Å²) in [6.07, 6.45) is 0. The van der Waals surface area contributed by atoms with Gasteiger partial charge < -0.3 is 9.47 Å². The normalized spacial score (nSPS) is 24.0. The average Bonchev–Trinajstić information content (AvgIpc) is 3.19. The summed E-state index contributed by atoms with van der Waals surface area (Å²) in [6, 6.07) is 10.7. The van der Waals surface area contributed by atoms with Crippen molar-refractivity contribution >= 4 is 11.8 Å². The van der Waals surface area contributed by atoms with Crippen LogP contribution in [0.4, 0.5) is 0 Å². The fraction of sp³-hybridized carbons (Fsp3) is 0.579. The van der Waals surface area contributed by atoms with Crippen LogP contribution in [0.15, 0.2) is 40.3 Å². The minimum Gasteiger partial charge on any atom is -0.478 e. The van der Waals surface area contributed by atoms with Crippen LogP contribution in [0.3, 0.4) is 0 Å². The molecule has 124 valence electrons. The Morgan fingerprint density at radius 2 is 1.30 bits per heavy atom. The fourth-order valence-corrected chi connectivity index (χ4v) is 2.85. The molecule has 2 heterocycles. The van der Waals surface area contributed by atoms with Crippen LogP contribution in [0, 0.1) is 11.8 Å². The van der Waals surface area contributed by atoms with E-state index in [0.717, 1.165) is 17.4 Å². The van der Waals surface area contributed by atoms with Gasteiger partial charge >= 0.3 is 0 Å². The lowest BCUT2D eigenvalue weighted by Gasteiger charge is -2.16. The zero-order valence-corrected chi connectivity index (χ0v) is 14.4. The maximum absolute atomic E-state index is 5.94. The number of aliphatic imine (C=N–C) groups is 2. The van der Waals surface area contributed by atoms with Crippen molar-refractivity contribution in [1.29, 1.82) is 0 Å². The fourth-order valence-electron chi connectivity index (χ4n) is 2.85. The van der Waals surface area contributed by atoms with Crippen molar-refractivity contribution in [3.8, 4) is 0 Å². The summed E-state index contributed by atoms with van der Waals surface area (Å²) in [4.78, 5) is 9.62. The molecule has 0 bridgehead atoms. The van der Waals surface area contributed by atoms with Gasteiger partial charge in [-0.2, -0.15) is 0 Å². The number of nitrogens with zero attached hydrogens (tertiary/aromatic N) is 2. The van der Waals surface area contributed by atoms with E-state index in [9.17, 15) is 0 Å². The molecule has 0 aliphatic carbocycles. The van der Waals surface area contributed by atoms with Crippen molar-refractivity contribution in [3.05, 3.63) is 35.9 Å². The second kappa shape index (κ2) is 6.73. The first-order valence-corrected chi connectivity index (χ1v) is 8.52. The molecule has 4 nitrogen and oxygen atoms in total. The van der Waals surface area contributed by atoms with Crippen molar-refractivity contribution < 1.29 is 9.47 Å². The molecule has 1 aromatic rings. The molecule has 0 aromatic heterocycles. The standard InChI is InChI=1S/C19H26N2O2/c1-12(2)15-10-22-18(20-15)17(14-8-6-5-7-9-14)19-21-16(11-23-19)13(3)4/h5-9,12-13,15-17H,10-11H2,1-4H3/t15-,16-/m1/s1. The third-order valence-electron chi connectivity index (χ3n) is 4.56. The van der Waals surface area contributed by atoms with E-state index < -0.39 is 0 Å². The number of hydrogen-bond donors (Lipinski definition) is 0. The maximum atomic E-state index is 5.94. The number of benzene rings is 1. The summed E-state index contributed by atoms with van der Waals surface area (Å²) in [5.41, 5.74) is 1.12. The Balaban J connectivity index is 1.93. The molecule has 0 N–H and O–H groups in total. The average molecular weight is 314 g/mol. The zero-order valence-electron chi connectivity index (χ0n) is 14.4. The molecule has 0 spiro atoms. The summed E-state index contributed by atoms with van der Waals surface area (Å²) >= 11 is 0. The number of hydrogen-bond acceptors (Lipinski definition) is 4. The first-order chi connectivity index (χ1) is 11.1. The van der Waals surface area contributed by atoms with Crippen LogP contribution >= 0.6 is 0 Å². The topological polar surface area (TPSA) is 43.2 Å². The SMILES string of the molecule is CC(C)[C@H]1COC(C(C2=N[C@@H](C(C)C)CO2)c2ccccc2)=N1. The second-order valence-corrected chi connectivity index (χ2v) is 7.02. The molecule has 23 heavy (non-hydrogen) atoms. The summed E-state index contributed by atoms with van der Waals surface area (Å²) in [6.45, 7) is 10.0. The van der Waals surface area contributed by atoms with Crippen LogP contribution in [-0.4, -0.2) is 37.1 Å². The number of ether oxygens (including phenoxy) is 2. The molecular formula is C19H26N2O2. The Morgan fingerprint density at radius 1 is 0.826 bits per heavy atom. The minimum absolute atomic E-state index is 0.122. The predicted molar refractivity (Wildman–Crippen MR) is 93.2 cm³/mol. The molecule has 0 amide bonds. The van der Waals surface area contributed by atoms with Gasteiger partial charge in [0, 0.05) is 0 Å². The van der Waals surface area contributed by atoms with E-state index in [0.29, 0.717) is 25.0 Å². The largest absolute Gasteiger partial charge is 0.478 e. The lowest BCUT2D eigenvalue weighted by molar-refractivity contribution is 0.272. The van der Waals surface area contributed by atoms with E-state index in [4.69, 9.17) is 19.5 Å². The Bertz CT molecular complexity index is 559. The quantitative estimate of drug-likeness (QED) is 0.832. The highest BCUT2D eigenvalue weighted by Crippen LogP contribution is 2.29. The van der Waals surface area contributed by atoms with E-state index in [1.807, 2.05) is 18.2 Å². The van der Waals surface area contributed by atoms with Crippen molar-refractivity contribution in [2.45, 2.75) is 45.7 Å². The molecule has 0 saturated carbocycles. The molecule has 2 aliphatic rings. The van der Waals surface area contributed by atoms with Gasteiger partial charge in [-0.1, -0.05) is 58.0 Å². The van der Waals surface area contributed by atoms with Crippen LogP contribution < -0.4 is 0 Å². The molecule has 0 saturated heterocycles. The van der Waals surface area contributed by atoms with Crippen molar-refractivity contribution in [3.63, 3.8) is 0 Å². The van der Waals surface area contributed by atoms with E-state index in [2.05, 4.69) is 39.8 Å². The third kappa shape index (κ3) is 3.41. The lowest BCUT2D eigenvalue weighted by Crippen LogP contribution is -2.22. The van der Waals surface area contributed by atoms with Gasteiger partial charge in [-0.3, -0.25) is 0 Å². The van der Waals surface area contributed by atoms with Gasteiger partial charge in [0.15, 0.2) is 0 Å². The van der Waals surface area contributed by atoms with Gasteiger partial charge in [-0.25, -0.2) is 9.98 Å². The highest BCUT2D eigenvalue weighted by atomic mass is 16.5. The molecule has 3 rings (SSSR count). The Labute approximate surface area is 138 Å². The molecule has 2 atom stereocenters. The first kappa shape index (κ1) is 16.0. The summed E-state index contributed by atoms with van der Waals surface area (Å²) in [5.74, 6) is 2.32. The van der Waals surface area contributed by atoms with Crippen LogP contribution in [-0.2, 0) is 9.47 Å². The Hall–Kier alpha value is -1.84. The van der Waals surface area contributed by atoms with Crippen molar-refractivity contribution in [2.75, 3.05) is 13.2 Å². The van der Waals surface area contributed by atoms with Gasteiger partial charge in [-0.05, 0) is 17.4 Å². The summed E-state index contributed by atoms with van der Waals surface area (Å²) < 4.78 is 11.9. The molecule has 0 unspecified atom stereocenters. The van der Waals surface area contributed by atoms with Crippen LogP contribution in [0.5, 0.6) is 0 Å². The summed E-state index contributed by atoms with van der Waals surface area (Å²) in [7, 11) is 0. The van der Waals surface area contributed by atoms with Crippen molar-refractivity contribution in [2.24, 2.45) is 21.8 Å². The van der Waals surface area contributed by atoms with E-state index in [1.165, 1.54) is 0 Å². The Morgan fingerprint density at radius 3 is 1.70 bits per heavy atom. The first-order valence-electron chi connectivity index (χ1n) is 8.52. The van der Waals surface area contributed by atoms with Crippen molar-refractivity contribution in [1.82, 2.24) is 0 Å². The predicted octanol–water partition coefficient (Wildman–Crippen LogP) is 3.68. The van der Waals surface area contributed by atoms with Gasteiger partial charge in [0.05, 0.1) is 12.1 Å².